The smallest absolute Gasteiger partial charge is 0.193 e. The molecule has 142 valence electrons. The fraction of sp³-hybridized carbons (Fsp3) is 0.278. The molecule has 8 heteroatoms. The number of hydrogen-bond donors (Lipinski definition) is 2. The van der Waals surface area contributed by atoms with E-state index >= 15 is 0 Å². The topological polar surface area (TPSA) is 78.1 Å². The average molecular weight is 492 g/mol. The molecular formula is C18H23ClIN3O3. The zero-order chi connectivity index (χ0) is 18.2. The molecule has 3 N–H and O–H groups in total. The van der Waals surface area contributed by atoms with Crippen molar-refractivity contribution in [2.45, 2.75) is 13.0 Å². The van der Waals surface area contributed by atoms with Crippen LogP contribution in [0.15, 0.2) is 47.5 Å². The van der Waals surface area contributed by atoms with Gasteiger partial charge in [-0.2, -0.15) is 0 Å². The van der Waals surface area contributed by atoms with Crippen molar-refractivity contribution in [2.24, 2.45) is 10.7 Å². The minimum atomic E-state index is -0.161. The molecule has 0 spiro atoms. The van der Waals surface area contributed by atoms with Gasteiger partial charge in [0, 0.05) is 11.1 Å². The van der Waals surface area contributed by atoms with Gasteiger partial charge in [-0.25, -0.2) is 4.99 Å². The van der Waals surface area contributed by atoms with Gasteiger partial charge in [-0.3, -0.25) is 0 Å². The molecule has 0 saturated carbocycles. The molecular weight excluding hydrogens is 469 g/mol. The minimum Gasteiger partial charge on any atom is -0.497 e. The van der Waals surface area contributed by atoms with Crippen LogP contribution in [-0.4, -0.2) is 32.8 Å². The number of guanidine groups is 1. The Morgan fingerprint density at radius 3 is 2.58 bits per heavy atom. The second-order valence-electron chi connectivity index (χ2n) is 5.30. The van der Waals surface area contributed by atoms with Crippen LogP contribution in [0, 0.1) is 0 Å². The molecule has 0 saturated heterocycles. The third kappa shape index (κ3) is 6.80. The Hall–Kier alpha value is -1.87. The number of nitrogens with zero attached hydrogens (tertiary/aromatic N) is 1. The van der Waals surface area contributed by atoms with Crippen LogP contribution in [0.4, 0.5) is 5.69 Å². The highest BCUT2D eigenvalue weighted by Crippen LogP contribution is 2.28. The van der Waals surface area contributed by atoms with E-state index in [0.29, 0.717) is 34.5 Å². The van der Waals surface area contributed by atoms with Crippen molar-refractivity contribution in [3.63, 3.8) is 0 Å². The van der Waals surface area contributed by atoms with E-state index in [-0.39, 0.29) is 36.0 Å². The second kappa shape index (κ2) is 11.0. The summed E-state index contributed by atoms with van der Waals surface area (Å²) in [5.41, 5.74) is 6.63. The minimum absolute atomic E-state index is 0. The summed E-state index contributed by atoms with van der Waals surface area (Å²) >= 11 is 5.94. The molecule has 0 fully saturated rings. The quantitative estimate of drug-likeness (QED) is 0.345. The molecule has 0 aliphatic carbocycles. The van der Waals surface area contributed by atoms with Crippen LogP contribution in [0.2, 0.25) is 5.02 Å². The van der Waals surface area contributed by atoms with Gasteiger partial charge in [0.25, 0.3) is 0 Å². The van der Waals surface area contributed by atoms with Gasteiger partial charge in [0.1, 0.15) is 23.4 Å². The summed E-state index contributed by atoms with van der Waals surface area (Å²) in [5.74, 6) is 2.28. The highest BCUT2D eigenvalue weighted by atomic mass is 127. The van der Waals surface area contributed by atoms with Gasteiger partial charge in [0.15, 0.2) is 5.96 Å². The molecule has 0 aliphatic rings. The highest BCUT2D eigenvalue weighted by molar-refractivity contribution is 14.0. The number of nitrogens with one attached hydrogen (secondary N) is 1. The summed E-state index contributed by atoms with van der Waals surface area (Å²) in [7, 11) is 3.18. The third-order valence-corrected chi connectivity index (χ3v) is 3.56. The zero-order valence-electron chi connectivity index (χ0n) is 14.9. The first kappa shape index (κ1) is 22.2. The first-order valence-electron chi connectivity index (χ1n) is 7.73. The number of aliphatic imine (C=N–C) groups is 1. The number of halogens is 2. The number of anilines is 1. The van der Waals surface area contributed by atoms with Crippen LogP contribution in [0.25, 0.3) is 0 Å². The SMILES string of the molecule is COc1ccc(OC)c(NC(N)=NCC(C)Oc2cccc(Cl)c2)c1.I. The fourth-order valence-corrected chi connectivity index (χ4v) is 2.31. The number of nitrogens with two attached hydrogens (primary N) is 1. The van der Waals surface area contributed by atoms with E-state index in [1.165, 1.54) is 0 Å². The van der Waals surface area contributed by atoms with Gasteiger partial charge in [0.2, 0.25) is 0 Å². The summed E-state index contributed by atoms with van der Waals surface area (Å²) in [5, 5.41) is 3.64. The lowest BCUT2D eigenvalue weighted by Gasteiger charge is -2.14. The number of benzene rings is 2. The Balaban J connectivity index is 0.00000338. The van der Waals surface area contributed by atoms with Crippen molar-refractivity contribution >= 4 is 47.2 Å². The van der Waals surface area contributed by atoms with Gasteiger partial charge in [0.05, 0.1) is 26.5 Å². The van der Waals surface area contributed by atoms with E-state index in [9.17, 15) is 0 Å². The molecule has 2 rings (SSSR count). The van der Waals surface area contributed by atoms with Gasteiger partial charge in [-0.15, -0.1) is 24.0 Å². The highest BCUT2D eigenvalue weighted by Gasteiger charge is 2.08. The second-order valence-corrected chi connectivity index (χ2v) is 5.74. The van der Waals surface area contributed by atoms with E-state index in [4.69, 9.17) is 31.5 Å². The number of ether oxygens (including phenoxy) is 3. The van der Waals surface area contributed by atoms with Gasteiger partial charge in [-0.05, 0) is 37.3 Å². The molecule has 0 heterocycles. The number of rotatable bonds is 7. The van der Waals surface area contributed by atoms with Gasteiger partial charge in [-0.1, -0.05) is 17.7 Å². The molecule has 0 aliphatic heterocycles. The van der Waals surface area contributed by atoms with Gasteiger partial charge >= 0.3 is 0 Å². The van der Waals surface area contributed by atoms with E-state index in [0.717, 1.165) is 0 Å². The average Bonchev–Trinajstić information content (AvgIpc) is 2.60. The molecule has 6 nitrogen and oxygen atoms in total. The molecule has 1 atom stereocenters. The van der Waals surface area contributed by atoms with Crippen molar-refractivity contribution < 1.29 is 14.2 Å². The maximum absolute atomic E-state index is 5.95. The van der Waals surface area contributed by atoms with Crippen LogP contribution in [0.5, 0.6) is 17.2 Å². The Morgan fingerprint density at radius 1 is 1.15 bits per heavy atom. The molecule has 2 aromatic carbocycles. The first-order chi connectivity index (χ1) is 12.0. The van der Waals surface area contributed by atoms with Crippen molar-refractivity contribution in [2.75, 3.05) is 26.1 Å². The predicted octanol–water partition coefficient (Wildman–Crippen LogP) is 4.17. The Morgan fingerprint density at radius 2 is 1.92 bits per heavy atom. The van der Waals surface area contributed by atoms with Crippen LogP contribution >= 0.6 is 35.6 Å². The predicted molar refractivity (Wildman–Crippen MR) is 117 cm³/mol. The van der Waals surface area contributed by atoms with Crippen LogP contribution in [0.1, 0.15) is 6.92 Å². The maximum Gasteiger partial charge on any atom is 0.193 e. The largest absolute Gasteiger partial charge is 0.497 e. The van der Waals surface area contributed by atoms with E-state index in [1.807, 2.05) is 19.1 Å². The summed E-state index contributed by atoms with van der Waals surface area (Å²) in [4.78, 5) is 4.30. The van der Waals surface area contributed by atoms with Crippen LogP contribution in [0.3, 0.4) is 0 Å². The molecule has 0 bridgehead atoms. The first-order valence-corrected chi connectivity index (χ1v) is 8.11. The lowest BCUT2D eigenvalue weighted by molar-refractivity contribution is 0.230. The summed E-state index contributed by atoms with van der Waals surface area (Å²) in [6.45, 7) is 2.29. The van der Waals surface area contributed by atoms with Gasteiger partial charge < -0.3 is 25.3 Å². The fourth-order valence-electron chi connectivity index (χ4n) is 2.13. The molecule has 1 unspecified atom stereocenters. The summed E-state index contributed by atoms with van der Waals surface area (Å²) in [6, 6.07) is 12.6. The van der Waals surface area contributed by atoms with E-state index < -0.39 is 0 Å². The molecule has 2 aromatic rings. The van der Waals surface area contributed by atoms with Crippen molar-refractivity contribution in [1.82, 2.24) is 0 Å². The molecule has 0 radical (unpaired) electrons. The molecule has 0 aromatic heterocycles. The lowest BCUT2D eigenvalue weighted by Crippen LogP contribution is -2.26. The van der Waals surface area contributed by atoms with Crippen molar-refractivity contribution in [3.8, 4) is 17.2 Å². The molecule has 0 amide bonds. The van der Waals surface area contributed by atoms with E-state index in [1.54, 1.807) is 44.6 Å². The van der Waals surface area contributed by atoms with Crippen LogP contribution < -0.4 is 25.3 Å². The van der Waals surface area contributed by atoms with Crippen molar-refractivity contribution in [3.05, 3.63) is 47.5 Å². The number of methoxy groups -OCH3 is 2. The normalized spacial score (nSPS) is 11.9. The Labute approximate surface area is 175 Å². The summed E-state index contributed by atoms with van der Waals surface area (Å²) < 4.78 is 16.3. The zero-order valence-corrected chi connectivity index (χ0v) is 17.9. The number of hydrogen-bond acceptors (Lipinski definition) is 4. The van der Waals surface area contributed by atoms with E-state index in [2.05, 4.69) is 10.3 Å². The monoisotopic (exact) mass is 491 g/mol. The van der Waals surface area contributed by atoms with Crippen LogP contribution in [-0.2, 0) is 0 Å². The molecule has 26 heavy (non-hydrogen) atoms. The van der Waals surface area contributed by atoms with Crippen molar-refractivity contribution in [1.29, 1.82) is 0 Å². The Kier molecular flexibility index (Phi) is 9.36. The Bertz CT molecular complexity index is 743. The summed E-state index contributed by atoms with van der Waals surface area (Å²) in [6.07, 6.45) is -0.161. The lowest BCUT2D eigenvalue weighted by atomic mass is 10.2. The third-order valence-electron chi connectivity index (χ3n) is 3.32. The standard InChI is InChI=1S/C18H22ClN3O3.HI/c1-12(25-15-6-4-5-13(19)9-15)11-21-18(20)22-16-10-14(23-2)7-8-17(16)24-3;/h4-10,12H,11H2,1-3H3,(H3,20,21,22);1H. The maximum atomic E-state index is 5.95.